The minimum atomic E-state index is -3.95. The van der Waals surface area contributed by atoms with Crippen molar-refractivity contribution >= 4 is 43.4 Å². The van der Waals surface area contributed by atoms with Crippen molar-refractivity contribution in [3.8, 4) is 0 Å². The van der Waals surface area contributed by atoms with Gasteiger partial charge in [-0.3, -0.25) is 0 Å². The predicted molar refractivity (Wildman–Crippen MR) is 95.3 cm³/mol. The molecule has 0 fully saturated rings. The van der Waals surface area contributed by atoms with E-state index in [9.17, 15) is 13.2 Å². The van der Waals surface area contributed by atoms with Crippen LogP contribution in [0.5, 0.6) is 0 Å². The first-order valence-corrected chi connectivity index (χ1v) is 9.93. The molecule has 0 aliphatic carbocycles. The molecule has 1 amide bonds. The number of hydrogen-bond acceptors (Lipinski definition) is 4. The molecule has 0 unspecified atom stereocenters. The summed E-state index contributed by atoms with van der Waals surface area (Å²) in [6.07, 6.45) is 1.34. The van der Waals surface area contributed by atoms with Crippen molar-refractivity contribution in [2.24, 2.45) is 0 Å². The number of amides is 1. The first-order chi connectivity index (χ1) is 11.2. The van der Waals surface area contributed by atoms with E-state index in [1.807, 2.05) is 20.8 Å². The van der Waals surface area contributed by atoms with Gasteiger partial charge in [0.05, 0.1) is 20.6 Å². The van der Waals surface area contributed by atoms with E-state index in [-0.39, 0.29) is 19.4 Å². The standard InChI is InChI=1S/C15H17BrClN3O3S/c1-4-19(5-2)15(21)20-9-11(16)14(18-20)24(22,23)13-7-6-10(3)8-12(13)17/h6-9H,4-5H2,1-3H3. The van der Waals surface area contributed by atoms with E-state index >= 15 is 0 Å². The molecule has 0 bridgehead atoms. The highest BCUT2D eigenvalue weighted by Crippen LogP contribution is 2.31. The lowest BCUT2D eigenvalue weighted by atomic mass is 10.2. The number of nitrogens with zero attached hydrogens (tertiary/aromatic N) is 3. The average molecular weight is 435 g/mol. The van der Waals surface area contributed by atoms with Gasteiger partial charge in [0, 0.05) is 13.1 Å². The molecule has 9 heteroatoms. The summed E-state index contributed by atoms with van der Waals surface area (Å²) < 4.78 is 26.9. The smallest absolute Gasteiger partial charge is 0.323 e. The Labute approximate surface area is 154 Å². The molecule has 24 heavy (non-hydrogen) atoms. The van der Waals surface area contributed by atoms with Crippen molar-refractivity contribution in [3.05, 3.63) is 39.5 Å². The zero-order valence-electron chi connectivity index (χ0n) is 13.5. The summed E-state index contributed by atoms with van der Waals surface area (Å²) in [5.74, 6) is 0. The lowest BCUT2D eigenvalue weighted by Gasteiger charge is -2.17. The molecule has 0 spiro atoms. The third-order valence-corrected chi connectivity index (χ3v) is 6.51. The number of aromatic nitrogens is 2. The van der Waals surface area contributed by atoms with Gasteiger partial charge in [-0.25, -0.2) is 13.2 Å². The molecule has 6 nitrogen and oxygen atoms in total. The summed E-state index contributed by atoms with van der Waals surface area (Å²) in [6, 6.07) is 4.27. The second kappa shape index (κ2) is 7.25. The maximum absolute atomic E-state index is 12.8. The first kappa shape index (κ1) is 19.0. The van der Waals surface area contributed by atoms with Crippen LogP contribution in [0.4, 0.5) is 4.79 Å². The van der Waals surface area contributed by atoms with Crippen LogP contribution < -0.4 is 0 Å². The Kier molecular flexibility index (Phi) is 5.72. The highest BCUT2D eigenvalue weighted by atomic mass is 79.9. The zero-order valence-corrected chi connectivity index (χ0v) is 16.6. The monoisotopic (exact) mass is 433 g/mol. The van der Waals surface area contributed by atoms with Gasteiger partial charge in [-0.05, 0) is 54.4 Å². The summed E-state index contributed by atoms with van der Waals surface area (Å²) in [7, 11) is -3.95. The van der Waals surface area contributed by atoms with Gasteiger partial charge in [-0.2, -0.15) is 9.78 Å². The Bertz CT molecular complexity index is 876. The van der Waals surface area contributed by atoms with E-state index in [4.69, 9.17) is 11.6 Å². The highest BCUT2D eigenvalue weighted by molar-refractivity contribution is 9.10. The number of benzene rings is 1. The summed E-state index contributed by atoms with van der Waals surface area (Å²) in [5.41, 5.74) is 0.847. The van der Waals surface area contributed by atoms with Crippen LogP contribution in [0.3, 0.4) is 0 Å². The van der Waals surface area contributed by atoms with Gasteiger partial charge in [-0.15, -0.1) is 0 Å². The predicted octanol–water partition coefficient (Wildman–Crippen LogP) is 3.75. The van der Waals surface area contributed by atoms with Crippen LogP contribution in [0.25, 0.3) is 0 Å². The summed E-state index contributed by atoms with van der Waals surface area (Å²) in [5, 5.41) is 3.85. The molecular weight excluding hydrogens is 418 g/mol. The summed E-state index contributed by atoms with van der Waals surface area (Å²) >= 11 is 9.25. The molecule has 0 aliphatic heterocycles. The quantitative estimate of drug-likeness (QED) is 0.734. The van der Waals surface area contributed by atoms with Crippen LogP contribution in [-0.2, 0) is 9.84 Å². The minimum Gasteiger partial charge on any atom is -0.323 e. The second-order valence-electron chi connectivity index (χ2n) is 5.12. The number of carbonyl (C=O) groups excluding carboxylic acids is 1. The van der Waals surface area contributed by atoms with E-state index in [1.54, 1.807) is 12.1 Å². The Hall–Kier alpha value is -1.38. The van der Waals surface area contributed by atoms with Crippen LogP contribution in [0, 0.1) is 6.92 Å². The lowest BCUT2D eigenvalue weighted by molar-refractivity contribution is 0.201. The fourth-order valence-electron chi connectivity index (χ4n) is 2.18. The van der Waals surface area contributed by atoms with Gasteiger partial charge >= 0.3 is 6.03 Å². The highest BCUT2D eigenvalue weighted by Gasteiger charge is 2.28. The van der Waals surface area contributed by atoms with Crippen molar-refractivity contribution in [2.75, 3.05) is 13.1 Å². The molecule has 0 radical (unpaired) electrons. The summed E-state index contributed by atoms with van der Waals surface area (Å²) in [4.78, 5) is 13.8. The Morgan fingerprint density at radius 3 is 2.50 bits per heavy atom. The van der Waals surface area contributed by atoms with Gasteiger partial charge in [0.25, 0.3) is 0 Å². The molecule has 130 valence electrons. The molecule has 1 aromatic carbocycles. The molecule has 0 saturated carbocycles. The Morgan fingerprint density at radius 1 is 1.33 bits per heavy atom. The number of sulfone groups is 1. The molecule has 0 aliphatic rings. The van der Waals surface area contributed by atoms with Crippen molar-refractivity contribution in [1.82, 2.24) is 14.7 Å². The van der Waals surface area contributed by atoms with E-state index in [0.29, 0.717) is 13.1 Å². The van der Waals surface area contributed by atoms with Gasteiger partial charge in [-0.1, -0.05) is 17.7 Å². The molecule has 2 rings (SSSR count). The summed E-state index contributed by atoms with van der Waals surface area (Å²) in [6.45, 7) is 6.49. The van der Waals surface area contributed by atoms with Crippen molar-refractivity contribution in [1.29, 1.82) is 0 Å². The molecule has 0 N–H and O–H groups in total. The van der Waals surface area contributed by atoms with Gasteiger partial charge in [0.1, 0.15) is 0 Å². The molecule has 0 atom stereocenters. The largest absolute Gasteiger partial charge is 0.344 e. The third-order valence-electron chi connectivity index (χ3n) is 3.50. The van der Waals surface area contributed by atoms with Crippen LogP contribution >= 0.6 is 27.5 Å². The van der Waals surface area contributed by atoms with Crippen molar-refractivity contribution in [3.63, 3.8) is 0 Å². The lowest BCUT2D eigenvalue weighted by Crippen LogP contribution is -2.34. The Balaban J connectivity index is 2.51. The average Bonchev–Trinajstić information content (AvgIpc) is 2.90. The number of aryl methyl sites for hydroxylation is 1. The number of carbonyl (C=O) groups is 1. The van der Waals surface area contributed by atoms with Gasteiger partial charge in [0.15, 0.2) is 5.03 Å². The maximum Gasteiger partial charge on any atom is 0.344 e. The van der Waals surface area contributed by atoms with E-state index in [2.05, 4.69) is 21.0 Å². The van der Waals surface area contributed by atoms with Crippen LogP contribution in [0.15, 0.2) is 38.8 Å². The van der Waals surface area contributed by atoms with Crippen LogP contribution in [0.1, 0.15) is 19.4 Å². The fraction of sp³-hybridized carbons (Fsp3) is 0.333. The molecular formula is C15H17BrClN3O3S. The molecule has 2 aromatic rings. The zero-order chi connectivity index (χ0) is 18.1. The van der Waals surface area contributed by atoms with Crippen LogP contribution in [0.2, 0.25) is 5.02 Å². The fourth-order valence-corrected chi connectivity index (χ4v) is 4.91. The van der Waals surface area contributed by atoms with E-state index in [0.717, 1.165) is 10.2 Å². The third kappa shape index (κ3) is 3.50. The van der Waals surface area contributed by atoms with Gasteiger partial charge < -0.3 is 4.90 Å². The topological polar surface area (TPSA) is 72.3 Å². The normalized spacial score (nSPS) is 11.5. The molecule has 1 aromatic heterocycles. The second-order valence-corrected chi connectivity index (χ2v) is 8.21. The first-order valence-electron chi connectivity index (χ1n) is 7.28. The van der Waals surface area contributed by atoms with Crippen LogP contribution in [-0.4, -0.2) is 42.2 Å². The minimum absolute atomic E-state index is 0.0454. The van der Waals surface area contributed by atoms with Crippen molar-refractivity contribution < 1.29 is 13.2 Å². The Morgan fingerprint density at radius 2 is 1.96 bits per heavy atom. The van der Waals surface area contributed by atoms with Crippen molar-refractivity contribution in [2.45, 2.75) is 30.7 Å². The van der Waals surface area contributed by atoms with E-state index < -0.39 is 15.9 Å². The maximum atomic E-state index is 12.8. The van der Waals surface area contributed by atoms with Gasteiger partial charge in [0.2, 0.25) is 9.84 Å². The molecule has 1 heterocycles. The van der Waals surface area contributed by atoms with E-state index in [1.165, 1.54) is 17.2 Å². The number of rotatable bonds is 4. The SMILES string of the molecule is CCN(CC)C(=O)n1cc(Br)c(S(=O)(=O)c2ccc(C)cc2Cl)n1. The number of halogens is 2. The number of hydrogen-bond donors (Lipinski definition) is 0. The molecule has 0 saturated heterocycles.